The van der Waals surface area contributed by atoms with Gasteiger partial charge in [0.05, 0.1) is 30.0 Å². The van der Waals surface area contributed by atoms with Crippen molar-refractivity contribution in [1.29, 1.82) is 0 Å². The largest absolute Gasteiger partial charge is 0.384 e. The van der Waals surface area contributed by atoms with Crippen LogP contribution in [0.4, 0.5) is 17.3 Å². The molecule has 4 rings (SSSR count). The van der Waals surface area contributed by atoms with Crippen LogP contribution < -0.4 is 11.1 Å². The number of pyridine rings is 1. The summed E-state index contributed by atoms with van der Waals surface area (Å²) < 4.78 is 1.95. The van der Waals surface area contributed by atoms with Crippen LogP contribution in [0.2, 0.25) is 0 Å². The molecule has 0 atom stereocenters. The monoisotopic (exact) mass is 292 g/mol. The third-order valence-electron chi connectivity index (χ3n) is 3.27. The van der Waals surface area contributed by atoms with E-state index in [-0.39, 0.29) is 0 Å². The fraction of sp³-hybridized carbons (Fsp3) is 0. The van der Waals surface area contributed by atoms with Gasteiger partial charge in [0.25, 0.3) is 0 Å². The molecular formula is C14H12N8. The van der Waals surface area contributed by atoms with Crippen LogP contribution in [-0.4, -0.2) is 29.5 Å². The smallest absolute Gasteiger partial charge is 0.180 e. The molecular weight excluding hydrogens is 280 g/mol. The molecule has 4 aromatic rings. The number of nitrogens with zero attached hydrogens (tertiary/aromatic N) is 5. The van der Waals surface area contributed by atoms with Crippen molar-refractivity contribution >= 4 is 23.0 Å². The van der Waals surface area contributed by atoms with E-state index in [4.69, 9.17) is 5.73 Å². The van der Waals surface area contributed by atoms with Crippen molar-refractivity contribution in [1.82, 2.24) is 29.5 Å². The lowest BCUT2D eigenvalue weighted by atomic mass is 10.3. The van der Waals surface area contributed by atoms with Gasteiger partial charge in [0.15, 0.2) is 11.5 Å². The van der Waals surface area contributed by atoms with Crippen molar-refractivity contribution < 1.29 is 0 Å². The number of rotatable bonds is 3. The van der Waals surface area contributed by atoms with Crippen LogP contribution in [0.25, 0.3) is 16.9 Å². The zero-order chi connectivity index (χ0) is 14.9. The van der Waals surface area contributed by atoms with Crippen LogP contribution in [0.15, 0.2) is 49.3 Å². The zero-order valence-electron chi connectivity index (χ0n) is 11.4. The second-order valence-corrected chi connectivity index (χ2v) is 4.70. The van der Waals surface area contributed by atoms with Gasteiger partial charge >= 0.3 is 0 Å². The van der Waals surface area contributed by atoms with Crippen LogP contribution in [0.1, 0.15) is 0 Å². The lowest BCUT2D eigenvalue weighted by molar-refractivity contribution is 1.09. The first-order chi connectivity index (χ1) is 10.8. The normalized spacial score (nSPS) is 10.9. The highest BCUT2D eigenvalue weighted by Gasteiger charge is 2.11. The zero-order valence-corrected chi connectivity index (χ0v) is 11.4. The van der Waals surface area contributed by atoms with Crippen molar-refractivity contribution in [2.75, 3.05) is 11.1 Å². The number of aromatic amines is 1. The van der Waals surface area contributed by atoms with E-state index in [1.807, 2.05) is 22.9 Å². The molecule has 4 N–H and O–H groups in total. The highest BCUT2D eigenvalue weighted by atomic mass is 15.1. The lowest BCUT2D eigenvalue weighted by Crippen LogP contribution is -1.99. The minimum absolute atomic E-state index is 0.472. The van der Waals surface area contributed by atoms with E-state index in [0.29, 0.717) is 11.6 Å². The van der Waals surface area contributed by atoms with E-state index in [1.54, 1.807) is 30.9 Å². The number of hydrogen-bond donors (Lipinski definition) is 3. The number of nitrogens with two attached hydrogens (primary N) is 1. The molecule has 8 heteroatoms. The quantitative estimate of drug-likeness (QED) is 0.531. The first-order valence-electron chi connectivity index (χ1n) is 6.61. The molecule has 0 fully saturated rings. The number of nitrogens with one attached hydrogen (secondary N) is 2. The molecule has 0 amide bonds. The van der Waals surface area contributed by atoms with Gasteiger partial charge in [-0.15, -0.1) is 0 Å². The summed E-state index contributed by atoms with van der Waals surface area (Å²) >= 11 is 0. The van der Waals surface area contributed by atoms with Crippen LogP contribution in [0.3, 0.4) is 0 Å². The lowest BCUT2D eigenvalue weighted by Gasteiger charge is -2.07. The average molecular weight is 292 g/mol. The van der Waals surface area contributed by atoms with E-state index in [9.17, 15) is 0 Å². The van der Waals surface area contributed by atoms with E-state index < -0.39 is 0 Å². The molecule has 0 aromatic carbocycles. The summed E-state index contributed by atoms with van der Waals surface area (Å²) in [6.07, 6.45) is 10.6. The Morgan fingerprint density at radius 3 is 2.82 bits per heavy atom. The van der Waals surface area contributed by atoms with Gasteiger partial charge in [-0.1, -0.05) is 0 Å². The molecule has 4 heterocycles. The predicted octanol–water partition coefficient (Wildman–Crippen LogP) is 1.84. The molecule has 108 valence electrons. The fourth-order valence-corrected chi connectivity index (χ4v) is 2.23. The molecule has 8 nitrogen and oxygen atoms in total. The van der Waals surface area contributed by atoms with Gasteiger partial charge in [-0.05, 0) is 12.1 Å². The Labute approximate surface area is 125 Å². The second kappa shape index (κ2) is 4.85. The van der Waals surface area contributed by atoms with Crippen molar-refractivity contribution in [2.45, 2.75) is 0 Å². The van der Waals surface area contributed by atoms with Gasteiger partial charge in [0.2, 0.25) is 0 Å². The summed E-state index contributed by atoms with van der Waals surface area (Å²) in [6.45, 7) is 0. The summed E-state index contributed by atoms with van der Waals surface area (Å²) in [5.41, 5.74) is 8.99. The number of aromatic nitrogens is 6. The number of anilines is 3. The second-order valence-electron chi connectivity index (χ2n) is 4.70. The van der Waals surface area contributed by atoms with E-state index in [2.05, 4.69) is 30.5 Å². The highest BCUT2D eigenvalue weighted by Crippen LogP contribution is 2.24. The van der Waals surface area contributed by atoms with Gasteiger partial charge < -0.3 is 11.1 Å². The molecule has 22 heavy (non-hydrogen) atoms. The predicted molar refractivity (Wildman–Crippen MR) is 82.5 cm³/mol. The van der Waals surface area contributed by atoms with Crippen molar-refractivity contribution in [3.05, 3.63) is 49.3 Å². The number of fused-ring (bicyclic) bond motifs is 1. The number of imidazole rings is 1. The maximum atomic E-state index is 5.59. The Kier molecular flexibility index (Phi) is 2.72. The Bertz CT molecular complexity index is 908. The standard InChI is InChI=1S/C14H12N8/c15-12-2-1-10(7-17-12)21-13-14-18-8-11(9-5-19-20-6-9)22(14)4-3-16-13/h1-8H,(H2,15,17)(H,16,21)(H,19,20). The Hall–Kier alpha value is -3.42. The molecule has 0 bridgehead atoms. The molecule has 0 aliphatic rings. The summed E-state index contributed by atoms with van der Waals surface area (Å²) in [6, 6.07) is 3.57. The van der Waals surface area contributed by atoms with Gasteiger partial charge in [0, 0.05) is 24.2 Å². The van der Waals surface area contributed by atoms with Gasteiger partial charge in [-0.2, -0.15) is 5.10 Å². The first-order valence-corrected chi connectivity index (χ1v) is 6.61. The molecule has 0 radical (unpaired) electrons. The number of nitrogen functional groups attached to an aromatic ring is 1. The molecule has 0 aliphatic heterocycles. The summed E-state index contributed by atoms with van der Waals surface area (Å²) in [4.78, 5) is 12.8. The maximum absolute atomic E-state index is 5.59. The summed E-state index contributed by atoms with van der Waals surface area (Å²) in [5, 5.41) is 9.96. The SMILES string of the molecule is Nc1ccc(Nc2nccn3c(-c4cn[nH]c4)cnc23)cn1. The van der Waals surface area contributed by atoms with Gasteiger partial charge in [-0.25, -0.2) is 15.0 Å². The molecule has 0 unspecified atom stereocenters. The fourth-order valence-electron chi connectivity index (χ4n) is 2.23. The summed E-state index contributed by atoms with van der Waals surface area (Å²) in [5.74, 6) is 1.11. The first kappa shape index (κ1) is 12.3. The topological polar surface area (TPSA) is 110 Å². The van der Waals surface area contributed by atoms with E-state index in [1.165, 1.54) is 0 Å². The third-order valence-corrected chi connectivity index (χ3v) is 3.27. The molecule has 4 aromatic heterocycles. The number of hydrogen-bond acceptors (Lipinski definition) is 6. The van der Waals surface area contributed by atoms with Crippen molar-refractivity contribution in [2.24, 2.45) is 0 Å². The summed E-state index contributed by atoms with van der Waals surface area (Å²) in [7, 11) is 0. The average Bonchev–Trinajstić information content (AvgIpc) is 3.18. The van der Waals surface area contributed by atoms with Crippen LogP contribution in [0.5, 0.6) is 0 Å². The third kappa shape index (κ3) is 2.03. The van der Waals surface area contributed by atoms with Crippen molar-refractivity contribution in [3.8, 4) is 11.3 Å². The van der Waals surface area contributed by atoms with Crippen LogP contribution >= 0.6 is 0 Å². The Morgan fingerprint density at radius 2 is 2.05 bits per heavy atom. The molecule has 0 saturated heterocycles. The van der Waals surface area contributed by atoms with E-state index >= 15 is 0 Å². The Morgan fingerprint density at radius 1 is 1.09 bits per heavy atom. The Balaban J connectivity index is 1.77. The van der Waals surface area contributed by atoms with Crippen molar-refractivity contribution in [3.63, 3.8) is 0 Å². The molecule has 0 aliphatic carbocycles. The minimum atomic E-state index is 0.472. The maximum Gasteiger partial charge on any atom is 0.180 e. The van der Waals surface area contributed by atoms with Gasteiger partial charge in [0.1, 0.15) is 5.82 Å². The molecule has 0 saturated carbocycles. The molecule has 0 spiro atoms. The highest BCUT2D eigenvalue weighted by molar-refractivity contribution is 5.73. The number of H-pyrrole nitrogens is 1. The van der Waals surface area contributed by atoms with Gasteiger partial charge in [-0.3, -0.25) is 9.50 Å². The van der Waals surface area contributed by atoms with Crippen LogP contribution in [-0.2, 0) is 0 Å². The van der Waals surface area contributed by atoms with E-state index in [0.717, 1.165) is 22.6 Å². The van der Waals surface area contributed by atoms with Crippen LogP contribution in [0, 0.1) is 0 Å². The minimum Gasteiger partial charge on any atom is -0.384 e.